The highest BCUT2D eigenvalue weighted by Gasteiger charge is 2.38. The van der Waals surface area contributed by atoms with Crippen LogP contribution in [0.3, 0.4) is 0 Å². The molecule has 0 aromatic carbocycles. The van der Waals surface area contributed by atoms with Crippen LogP contribution in [0.1, 0.15) is 45.4 Å². The Labute approximate surface area is 101 Å². The molecule has 0 spiro atoms. The van der Waals surface area contributed by atoms with Gasteiger partial charge in [0.2, 0.25) is 0 Å². The molecule has 0 radical (unpaired) electrons. The van der Waals surface area contributed by atoms with Crippen LogP contribution in [0, 0.1) is 5.41 Å². The largest absolute Gasteiger partial charge is 1.00 e. The molecule has 3 rings (SSSR count). The van der Waals surface area contributed by atoms with Gasteiger partial charge in [-0.2, -0.15) is 0 Å². The first-order valence-corrected chi connectivity index (χ1v) is 6.28. The van der Waals surface area contributed by atoms with Gasteiger partial charge in [0.15, 0.2) is 0 Å². The number of nitrogens with zero attached hydrogens (tertiary/aromatic N) is 1. The van der Waals surface area contributed by atoms with E-state index >= 15 is 0 Å². The summed E-state index contributed by atoms with van der Waals surface area (Å²) < 4.78 is 0. The van der Waals surface area contributed by atoms with E-state index in [-0.39, 0.29) is 12.4 Å². The van der Waals surface area contributed by atoms with Crippen LogP contribution < -0.4 is 18.1 Å². The quantitative estimate of drug-likeness (QED) is 0.635. The van der Waals surface area contributed by atoms with E-state index in [9.17, 15) is 0 Å². The van der Waals surface area contributed by atoms with Crippen molar-refractivity contribution < 1.29 is 18.1 Å². The molecule has 0 aromatic rings. The molecule has 2 nitrogen and oxygen atoms in total. The van der Waals surface area contributed by atoms with E-state index in [1.807, 2.05) is 0 Å². The Bertz CT molecular complexity index is 140. The van der Waals surface area contributed by atoms with Gasteiger partial charge in [-0.1, -0.05) is 19.8 Å². The SMILES string of the molecule is CCCCC12CCN(CC1)CC2.C[NH3+].[Cl-]. The number of hydrogen-bond acceptors (Lipinski definition) is 1. The lowest BCUT2D eigenvalue weighted by Gasteiger charge is -2.48. The van der Waals surface area contributed by atoms with Crippen LogP contribution in [-0.4, -0.2) is 31.6 Å². The molecule has 3 aliphatic rings. The molecule has 3 fully saturated rings. The van der Waals surface area contributed by atoms with Crippen molar-refractivity contribution in [3.63, 3.8) is 0 Å². The highest BCUT2D eigenvalue weighted by Crippen LogP contribution is 2.43. The van der Waals surface area contributed by atoms with Gasteiger partial charge in [0, 0.05) is 0 Å². The fourth-order valence-corrected chi connectivity index (χ4v) is 2.82. The van der Waals surface area contributed by atoms with Crippen LogP contribution in [0.4, 0.5) is 0 Å². The molecule has 0 atom stereocenters. The Kier molecular flexibility index (Phi) is 7.58. The summed E-state index contributed by atoms with van der Waals surface area (Å²) >= 11 is 0. The van der Waals surface area contributed by atoms with Crippen LogP contribution in [0.15, 0.2) is 0 Å². The van der Waals surface area contributed by atoms with E-state index < -0.39 is 0 Å². The van der Waals surface area contributed by atoms with Crippen LogP contribution in [0.2, 0.25) is 0 Å². The summed E-state index contributed by atoms with van der Waals surface area (Å²) in [6.45, 7) is 6.49. The van der Waals surface area contributed by atoms with E-state index in [0.29, 0.717) is 0 Å². The van der Waals surface area contributed by atoms with E-state index in [4.69, 9.17) is 0 Å². The molecule has 0 unspecified atom stereocenters. The molecule has 3 saturated heterocycles. The van der Waals surface area contributed by atoms with E-state index in [2.05, 4.69) is 17.6 Å². The lowest BCUT2D eigenvalue weighted by molar-refractivity contribution is -0.325. The van der Waals surface area contributed by atoms with Crippen LogP contribution in [0.5, 0.6) is 0 Å². The van der Waals surface area contributed by atoms with E-state index in [1.165, 1.54) is 58.2 Å². The van der Waals surface area contributed by atoms with Gasteiger partial charge in [-0.25, -0.2) is 0 Å². The highest BCUT2D eigenvalue weighted by atomic mass is 35.5. The third kappa shape index (κ3) is 3.93. The van der Waals surface area contributed by atoms with Crippen molar-refractivity contribution in [3.8, 4) is 0 Å². The van der Waals surface area contributed by atoms with Gasteiger partial charge in [-0.05, 0) is 50.7 Å². The first-order chi connectivity index (χ1) is 6.85. The molecular weight excluding hydrogens is 208 g/mol. The van der Waals surface area contributed by atoms with Gasteiger partial charge in [0.1, 0.15) is 0 Å². The molecule has 92 valence electrons. The third-order valence-corrected chi connectivity index (χ3v) is 3.94. The summed E-state index contributed by atoms with van der Waals surface area (Å²) in [5, 5.41) is 0. The van der Waals surface area contributed by atoms with Crippen LogP contribution >= 0.6 is 0 Å². The monoisotopic (exact) mass is 234 g/mol. The summed E-state index contributed by atoms with van der Waals surface area (Å²) in [5.74, 6) is 0. The Morgan fingerprint density at radius 3 is 1.93 bits per heavy atom. The second-order valence-corrected chi connectivity index (χ2v) is 4.70. The van der Waals surface area contributed by atoms with Crippen LogP contribution in [0.25, 0.3) is 0 Å². The maximum absolute atomic E-state index is 3.25. The molecular formula is C12H27ClN2. The van der Waals surface area contributed by atoms with Crippen molar-refractivity contribution in [1.82, 2.24) is 4.90 Å². The smallest absolute Gasteiger partial charge is 0.0634 e. The Balaban J connectivity index is 0.000000617. The zero-order chi connectivity index (χ0) is 10.4. The number of quaternary nitrogens is 1. The molecule has 3 aliphatic heterocycles. The van der Waals surface area contributed by atoms with Gasteiger partial charge < -0.3 is 23.0 Å². The number of hydrogen-bond donors (Lipinski definition) is 1. The number of rotatable bonds is 3. The molecule has 0 aliphatic carbocycles. The average Bonchev–Trinajstić information content (AvgIpc) is 2.32. The van der Waals surface area contributed by atoms with Crippen molar-refractivity contribution in [3.05, 3.63) is 0 Å². The minimum absolute atomic E-state index is 0. The molecule has 3 N–H and O–H groups in total. The van der Waals surface area contributed by atoms with Gasteiger partial charge in [0.25, 0.3) is 0 Å². The average molecular weight is 235 g/mol. The Morgan fingerprint density at radius 2 is 1.53 bits per heavy atom. The molecule has 2 bridgehead atoms. The van der Waals surface area contributed by atoms with Gasteiger partial charge in [-0.15, -0.1) is 0 Å². The third-order valence-electron chi connectivity index (χ3n) is 3.94. The second kappa shape index (κ2) is 7.48. The maximum atomic E-state index is 3.25. The van der Waals surface area contributed by atoms with Gasteiger partial charge in [-0.3, -0.25) is 0 Å². The molecule has 0 amide bonds. The normalized spacial score (nSPS) is 32.6. The summed E-state index contributed by atoms with van der Waals surface area (Å²) in [4.78, 5) is 2.63. The fourth-order valence-electron chi connectivity index (χ4n) is 2.82. The molecule has 3 heterocycles. The predicted octanol–water partition coefficient (Wildman–Crippen LogP) is -1.48. The fraction of sp³-hybridized carbons (Fsp3) is 1.00. The van der Waals surface area contributed by atoms with Crippen molar-refractivity contribution in [2.75, 3.05) is 26.7 Å². The molecule has 0 saturated carbocycles. The van der Waals surface area contributed by atoms with E-state index in [0.717, 1.165) is 5.41 Å². The molecule has 3 heteroatoms. The summed E-state index contributed by atoms with van der Waals surface area (Å²) in [6.07, 6.45) is 8.83. The first-order valence-electron chi connectivity index (χ1n) is 6.28. The maximum Gasteiger partial charge on any atom is 0.0634 e. The second-order valence-electron chi connectivity index (χ2n) is 4.70. The summed E-state index contributed by atoms with van der Waals surface area (Å²) in [6, 6.07) is 0. The van der Waals surface area contributed by atoms with Gasteiger partial charge >= 0.3 is 0 Å². The van der Waals surface area contributed by atoms with Crippen LogP contribution in [-0.2, 0) is 0 Å². The minimum Gasteiger partial charge on any atom is -1.00 e. The van der Waals surface area contributed by atoms with E-state index in [1.54, 1.807) is 7.05 Å². The topological polar surface area (TPSA) is 30.9 Å². The lowest BCUT2D eigenvalue weighted by Crippen LogP contribution is -3.00. The zero-order valence-electron chi connectivity index (χ0n) is 10.4. The summed E-state index contributed by atoms with van der Waals surface area (Å²) in [5.41, 5.74) is 4.05. The number of fused-ring (bicyclic) bond motifs is 3. The van der Waals surface area contributed by atoms with Gasteiger partial charge in [0.05, 0.1) is 7.05 Å². The lowest BCUT2D eigenvalue weighted by atomic mass is 9.69. The van der Waals surface area contributed by atoms with Crippen molar-refractivity contribution >= 4 is 0 Å². The Morgan fingerprint density at radius 1 is 1.07 bits per heavy atom. The van der Waals surface area contributed by atoms with Crippen molar-refractivity contribution in [2.45, 2.75) is 45.4 Å². The number of unbranched alkanes of at least 4 members (excludes halogenated alkanes) is 1. The summed E-state index contributed by atoms with van der Waals surface area (Å²) in [7, 11) is 1.75. The molecule has 0 aromatic heterocycles. The first kappa shape index (κ1) is 15.2. The standard InChI is InChI=1S/C11H21N.CH5N.ClH/c1-2-3-4-11-5-8-12(9-6-11)10-7-11;1-2;/h2-10H2,1H3;2H2,1H3;1H. The number of piperidine rings is 3. The molecule has 15 heavy (non-hydrogen) atoms. The zero-order valence-corrected chi connectivity index (χ0v) is 11.2. The predicted molar refractivity (Wildman–Crippen MR) is 61.1 cm³/mol. The minimum atomic E-state index is 0. The van der Waals surface area contributed by atoms with Crippen molar-refractivity contribution in [1.29, 1.82) is 0 Å². The number of halogens is 1. The van der Waals surface area contributed by atoms with Crippen molar-refractivity contribution in [2.24, 2.45) is 5.41 Å². The highest BCUT2D eigenvalue weighted by molar-refractivity contribution is 4.91. The Hall–Kier alpha value is 0.210.